The van der Waals surface area contributed by atoms with Gasteiger partial charge in [0.15, 0.2) is 0 Å². The molecule has 4 heteroatoms. The smallest absolute Gasteiger partial charge is 0.322 e. The van der Waals surface area contributed by atoms with Crippen LogP contribution < -0.4 is 5.32 Å². The molecule has 0 amide bonds. The lowest BCUT2D eigenvalue weighted by Gasteiger charge is -2.17. The largest absolute Gasteiger partial charge is 0.468 e. The van der Waals surface area contributed by atoms with E-state index in [9.17, 15) is 4.79 Å². The summed E-state index contributed by atoms with van der Waals surface area (Å²) in [6, 6.07) is 1.87. The highest BCUT2D eigenvalue weighted by Gasteiger charge is 2.19. The average molecular weight is 266 g/mol. The summed E-state index contributed by atoms with van der Waals surface area (Å²) in [5.41, 5.74) is 1.20. The third-order valence-electron chi connectivity index (χ3n) is 3.04. The quantitative estimate of drug-likeness (QED) is 0.735. The number of aryl methyl sites for hydroxylation is 1. The lowest BCUT2D eigenvalue weighted by atomic mass is 10.0. The molecule has 0 fully saturated rings. The van der Waals surface area contributed by atoms with Gasteiger partial charge in [-0.1, -0.05) is 20.8 Å². The zero-order valence-corrected chi connectivity index (χ0v) is 12.5. The summed E-state index contributed by atoms with van der Waals surface area (Å²) in [5.74, 6) is 0.281. The SMILES string of the molecule is CCCn1ccc(CNC(CC(C)C)C(=O)OC)c1. The number of nitrogens with zero attached hydrogens (tertiary/aromatic N) is 1. The first-order chi connectivity index (χ1) is 9.06. The van der Waals surface area contributed by atoms with Gasteiger partial charge in [-0.3, -0.25) is 4.79 Å². The normalized spacial score (nSPS) is 12.7. The monoisotopic (exact) mass is 266 g/mol. The minimum atomic E-state index is -0.223. The van der Waals surface area contributed by atoms with E-state index in [1.165, 1.54) is 12.7 Å². The Kier molecular flexibility index (Phi) is 6.64. The molecule has 0 aliphatic heterocycles. The Morgan fingerprint density at radius 3 is 2.79 bits per heavy atom. The van der Waals surface area contributed by atoms with Gasteiger partial charge >= 0.3 is 5.97 Å². The van der Waals surface area contributed by atoms with Gasteiger partial charge in [-0.05, 0) is 30.4 Å². The second-order valence-corrected chi connectivity index (χ2v) is 5.34. The van der Waals surface area contributed by atoms with Gasteiger partial charge in [0, 0.05) is 25.5 Å². The highest BCUT2D eigenvalue weighted by Crippen LogP contribution is 2.08. The number of ether oxygens (including phenoxy) is 1. The van der Waals surface area contributed by atoms with Gasteiger partial charge in [0.05, 0.1) is 7.11 Å². The number of nitrogens with one attached hydrogen (secondary N) is 1. The van der Waals surface area contributed by atoms with Crippen molar-refractivity contribution in [2.45, 2.75) is 52.7 Å². The molecule has 19 heavy (non-hydrogen) atoms. The number of esters is 1. The van der Waals surface area contributed by atoms with Crippen LogP contribution >= 0.6 is 0 Å². The third-order valence-corrected chi connectivity index (χ3v) is 3.04. The van der Waals surface area contributed by atoms with E-state index < -0.39 is 0 Å². The second kappa shape index (κ2) is 8.00. The Balaban J connectivity index is 2.52. The maximum Gasteiger partial charge on any atom is 0.322 e. The van der Waals surface area contributed by atoms with E-state index in [-0.39, 0.29) is 12.0 Å². The minimum absolute atomic E-state index is 0.179. The molecular weight excluding hydrogens is 240 g/mol. The Labute approximate surface area is 116 Å². The van der Waals surface area contributed by atoms with Crippen molar-refractivity contribution in [2.75, 3.05) is 7.11 Å². The van der Waals surface area contributed by atoms with Crippen molar-refractivity contribution in [3.63, 3.8) is 0 Å². The zero-order chi connectivity index (χ0) is 14.3. The van der Waals surface area contributed by atoms with Gasteiger partial charge < -0.3 is 14.6 Å². The number of carbonyl (C=O) groups excluding carboxylic acids is 1. The van der Waals surface area contributed by atoms with Crippen LogP contribution in [-0.2, 0) is 22.6 Å². The molecular formula is C15H26N2O2. The Morgan fingerprint density at radius 1 is 1.47 bits per heavy atom. The van der Waals surface area contributed by atoms with Crippen molar-refractivity contribution in [1.82, 2.24) is 9.88 Å². The molecule has 108 valence electrons. The van der Waals surface area contributed by atoms with E-state index in [1.54, 1.807) is 0 Å². The van der Waals surface area contributed by atoms with Crippen LogP contribution in [0.5, 0.6) is 0 Å². The average Bonchev–Trinajstić information content (AvgIpc) is 2.81. The molecule has 1 aromatic heterocycles. The van der Waals surface area contributed by atoms with Crippen LogP contribution in [0.25, 0.3) is 0 Å². The molecule has 1 atom stereocenters. The van der Waals surface area contributed by atoms with Crippen molar-refractivity contribution < 1.29 is 9.53 Å². The summed E-state index contributed by atoms with van der Waals surface area (Å²) in [5, 5.41) is 3.29. The van der Waals surface area contributed by atoms with Crippen LogP contribution in [0.3, 0.4) is 0 Å². The van der Waals surface area contributed by atoms with Crippen LogP contribution in [0.4, 0.5) is 0 Å². The highest BCUT2D eigenvalue weighted by molar-refractivity contribution is 5.75. The topological polar surface area (TPSA) is 43.3 Å². The number of methoxy groups -OCH3 is 1. The standard InChI is InChI=1S/C15H26N2O2/c1-5-7-17-8-6-13(11-17)10-16-14(9-12(2)3)15(18)19-4/h6,8,11-12,14,16H,5,7,9-10H2,1-4H3. The lowest BCUT2D eigenvalue weighted by molar-refractivity contribution is -0.143. The van der Waals surface area contributed by atoms with Gasteiger partial charge in [-0.15, -0.1) is 0 Å². The third kappa shape index (κ3) is 5.47. The van der Waals surface area contributed by atoms with Crippen LogP contribution in [0.2, 0.25) is 0 Å². The molecule has 1 rings (SSSR count). The van der Waals surface area contributed by atoms with Crippen LogP contribution in [0, 0.1) is 5.92 Å². The van der Waals surface area contributed by atoms with Gasteiger partial charge in [-0.25, -0.2) is 0 Å². The predicted octanol–water partition coefficient (Wildman–Crippen LogP) is 2.58. The summed E-state index contributed by atoms with van der Waals surface area (Å²) in [6.07, 6.45) is 6.12. The van der Waals surface area contributed by atoms with Crippen molar-refractivity contribution in [3.05, 3.63) is 24.0 Å². The molecule has 0 aromatic carbocycles. The number of hydrogen-bond donors (Lipinski definition) is 1. The Bertz CT molecular complexity index is 385. The molecule has 1 aromatic rings. The van der Waals surface area contributed by atoms with Crippen molar-refractivity contribution >= 4 is 5.97 Å². The molecule has 1 N–H and O–H groups in total. The molecule has 1 unspecified atom stereocenters. The molecule has 0 aliphatic rings. The highest BCUT2D eigenvalue weighted by atomic mass is 16.5. The summed E-state index contributed by atoms with van der Waals surface area (Å²) in [7, 11) is 1.44. The first kappa shape index (κ1) is 15.8. The van der Waals surface area contributed by atoms with Crippen molar-refractivity contribution in [3.8, 4) is 0 Å². The van der Waals surface area contributed by atoms with Crippen molar-refractivity contribution in [2.24, 2.45) is 5.92 Å². The predicted molar refractivity (Wildman–Crippen MR) is 76.8 cm³/mol. The summed E-state index contributed by atoms with van der Waals surface area (Å²) >= 11 is 0. The summed E-state index contributed by atoms with van der Waals surface area (Å²) < 4.78 is 7.01. The van der Waals surface area contributed by atoms with Gasteiger partial charge in [0.25, 0.3) is 0 Å². The van der Waals surface area contributed by atoms with E-state index in [4.69, 9.17) is 4.74 Å². The van der Waals surface area contributed by atoms with E-state index in [0.29, 0.717) is 12.5 Å². The van der Waals surface area contributed by atoms with Crippen molar-refractivity contribution in [1.29, 1.82) is 0 Å². The van der Waals surface area contributed by atoms with Crippen LogP contribution in [0.15, 0.2) is 18.5 Å². The first-order valence-corrected chi connectivity index (χ1v) is 7.02. The summed E-state index contributed by atoms with van der Waals surface area (Å²) in [6.45, 7) is 8.11. The van der Waals surface area contributed by atoms with E-state index in [2.05, 4.69) is 49.1 Å². The van der Waals surface area contributed by atoms with Gasteiger partial charge in [0.1, 0.15) is 6.04 Å². The van der Waals surface area contributed by atoms with Gasteiger partial charge in [0.2, 0.25) is 0 Å². The number of hydrogen-bond acceptors (Lipinski definition) is 3. The maximum atomic E-state index is 11.7. The maximum absolute atomic E-state index is 11.7. The first-order valence-electron chi connectivity index (χ1n) is 7.02. The molecule has 0 saturated carbocycles. The number of rotatable bonds is 8. The van der Waals surface area contributed by atoms with E-state index >= 15 is 0 Å². The second-order valence-electron chi connectivity index (χ2n) is 5.34. The fraction of sp³-hybridized carbons (Fsp3) is 0.667. The lowest BCUT2D eigenvalue weighted by Crippen LogP contribution is -2.38. The van der Waals surface area contributed by atoms with Gasteiger partial charge in [-0.2, -0.15) is 0 Å². The van der Waals surface area contributed by atoms with Crippen LogP contribution in [0.1, 0.15) is 39.2 Å². The number of carbonyl (C=O) groups is 1. The summed E-state index contributed by atoms with van der Waals surface area (Å²) in [4.78, 5) is 11.7. The Morgan fingerprint density at radius 2 is 2.21 bits per heavy atom. The Hall–Kier alpha value is -1.29. The van der Waals surface area contributed by atoms with E-state index in [0.717, 1.165) is 19.4 Å². The van der Waals surface area contributed by atoms with E-state index in [1.807, 2.05) is 0 Å². The molecule has 0 radical (unpaired) electrons. The molecule has 1 heterocycles. The fourth-order valence-electron chi connectivity index (χ4n) is 2.11. The van der Waals surface area contributed by atoms with Crippen LogP contribution in [-0.4, -0.2) is 23.7 Å². The molecule has 4 nitrogen and oxygen atoms in total. The molecule has 0 aliphatic carbocycles. The molecule has 0 spiro atoms. The zero-order valence-electron chi connectivity index (χ0n) is 12.5. The minimum Gasteiger partial charge on any atom is -0.468 e. The molecule has 0 saturated heterocycles. The molecule has 0 bridgehead atoms. The fourth-order valence-corrected chi connectivity index (χ4v) is 2.11. The number of aromatic nitrogens is 1.